The van der Waals surface area contributed by atoms with Crippen LogP contribution in [-0.2, 0) is 54.1 Å². The molecule has 94 heavy (non-hydrogen) atoms. The molecule has 0 bridgehead atoms. The second kappa shape index (κ2) is 19.7. The summed E-state index contributed by atoms with van der Waals surface area (Å²) >= 11 is 2.10. The topological polar surface area (TPSA) is 9.72 Å². The Hall–Kier alpha value is -6.82. The SMILES string of the molecule is CC(C)(C)c1ccc(N(c2cc3c4c(c2)N(c2ccc5c(c2)C(C)(C)CCC5(C)C)c2c(sc5cc6c(cc25)C(C)(C)CCC6(C)C)B4c2cc4c(cc2N3c2ccc3c(c2)C(C)(C)CCC3(C)C)C(C)(C)CCC4(C)C)c2ccc3c(c2)C(C)(C)c2ccccc2-3)cc1. The Labute approximate surface area is 568 Å². The predicted molar refractivity (Wildman–Crippen MR) is 408 cm³/mol. The molecule has 8 aromatic carbocycles. The van der Waals surface area contributed by atoms with Gasteiger partial charge in [0, 0.05) is 60.1 Å². The maximum atomic E-state index is 2.83. The van der Waals surface area contributed by atoms with E-state index < -0.39 is 0 Å². The lowest BCUT2D eigenvalue weighted by Gasteiger charge is -2.48. The molecule has 0 unspecified atom stereocenters. The van der Waals surface area contributed by atoms with Crippen molar-refractivity contribution >= 4 is 95.0 Å². The molecular formula is C89H102BN3S. The van der Waals surface area contributed by atoms with Gasteiger partial charge in [-0.2, -0.15) is 0 Å². The van der Waals surface area contributed by atoms with E-state index in [9.17, 15) is 0 Å². The Bertz CT molecular complexity index is 4710. The standard InChI is InChI=1S/C89H102BN3S/c1-80(2,3)53-26-28-54(29-27-53)91(55-30-33-60-59-24-22-23-25-62(59)89(20,21)65(60)44-55)58-47-74-77-75(48-58)93(57-32-35-64-67(46-57)84(10,11)39-37-82(64,6)7)78-61-49-68-71(88(18,19)43-40-85(68,12)13)52-76(61)94-79(78)90(77)72-50-69-70(87(16,17)42-41-86(69,14)15)51-73(72)92(74)56-31-34-63-66(45-56)83(8,9)38-36-81(63,4)5/h22-35,44-52H,36-43H2,1-21H3. The molecule has 3 heterocycles. The van der Waals surface area contributed by atoms with Crippen molar-refractivity contribution in [1.82, 2.24) is 0 Å². The van der Waals surface area contributed by atoms with Crippen LogP contribution in [0.3, 0.4) is 0 Å². The van der Waals surface area contributed by atoms with Gasteiger partial charge in [0.15, 0.2) is 0 Å². The number of nitrogens with zero attached hydrogens (tertiary/aromatic N) is 3. The zero-order valence-corrected chi connectivity index (χ0v) is 61.6. The van der Waals surface area contributed by atoms with Crippen molar-refractivity contribution in [2.24, 2.45) is 0 Å². The van der Waals surface area contributed by atoms with Gasteiger partial charge < -0.3 is 14.7 Å². The van der Waals surface area contributed by atoms with Crippen molar-refractivity contribution in [3.63, 3.8) is 0 Å². The zero-order valence-electron chi connectivity index (χ0n) is 60.8. The lowest BCUT2D eigenvalue weighted by atomic mass is 9.35. The first-order chi connectivity index (χ1) is 43.9. The first-order valence-electron chi connectivity index (χ1n) is 35.9. The van der Waals surface area contributed by atoms with Crippen molar-refractivity contribution < 1.29 is 0 Å². The fourth-order valence-electron chi connectivity index (χ4n) is 19.1. The van der Waals surface area contributed by atoms with E-state index in [0.29, 0.717) is 0 Å². The first kappa shape index (κ1) is 62.0. The van der Waals surface area contributed by atoms with Crippen LogP contribution < -0.4 is 30.4 Å². The highest BCUT2D eigenvalue weighted by atomic mass is 32.1. The van der Waals surface area contributed by atoms with Crippen LogP contribution in [0.1, 0.15) is 258 Å². The van der Waals surface area contributed by atoms with E-state index in [-0.39, 0.29) is 60.9 Å². The second-order valence-electron chi connectivity index (χ2n) is 37.2. The molecule has 0 fully saturated rings. The molecule has 0 radical (unpaired) electrons. The molecule has 0 atom stereocenters. The minimum atomic E-state index is -0.194. The molecule has 0 saturated carbocycles. The normalized spacial score (nSPS) is 21.0. The molecule has 9 aromatic rings. The van der Waals surface area contributed by atoms with Crippen molar-refractivity contribution in [2.75, 3.05) is 14.7 Å². The van der Waals surface area contributed by atoms with E-state index >= 15 is 0 Å². The van der Waals surface area contributed by atoms with Gasteiger partial charge in [0.2, 0.25) is 0 Å². The number of hydrogen-bond donors (Lipinski definition) is 0. The smallest absolute Gasteiger partial charge is 0.264 e. The second-order valence-corrected chi connectivity index (χ2v) is 38.3. The van der Waals surface area contributed by atoms with Gasteiger partial charge in [-0.3, -0.25) is 0 Å². The minimum Gasteiger partial charge on any atom is -0.311 e. The summed E-state index contributed by atoms with van der Waals surface area (Å²) in [6.07, 6.45) is 9.30. The van der Waals surface area contributed by atoms with Gasteiger partial charge in [-0.15, -0.1) is 11.3 Å². The molecule has 2 aliphatic heterocycles. The molecule has 0 amide bonds. The highest BCUT2D eigenvalue weighted by molar-refractivity contribution is 7.33. The molecule has 5 heteroatoms. The van der Waals surface area contributed by atoms with Crippen LogP contribution in [0.2, 0.25) is 0 Å². The third-order valence-corrected chi connectivity index (χ3v) is 27.1. The van der Waals surface area contributed by atoms with E-state index in [0.717, 1.165) is 37.1 Å². The maximum absolute atomic E-state index is 2.83. The van der Waals surface area contributed by atoms with Crippen molar-refractivity contribution in [3.8, 4) is 11.1 Å². The lowest BCUT2D eigenvalue weighted by Crippen LogP contribution is -2.61. The van der Waals surface area contributed by atoms with Gasteiger partial charge >= 0.3 is 0 Å². The summed E-state index contributed by atoms with van der Waals surface area (Å²) in [6.45, 7) is 52.0. The van der Waals surface area contributed by atoms with Crippen LogP contribution in [0, 0.1) is 0 Å². The van der Waals surface area contributed by atoms with Gasteiger partial charge in [-0.25, -0.2) is 0 Å². The van der Waals surface area contributed by atoms with Crippen LogP contribution in [0.5, 0.6) is 0 Å². The van der Waals surface area contributed by atoms with E-state index in [1.165, 1.54) is 164 Å². The summed E-state index contributed by atoms with van der Waals surface area (Å²) < 4.78 is 2.86. The quantitative estimate of drug-likeness (QED) is 0.159. The van der Waals surface area contributed by atoms with E-state index in [2.05, 4.69) is 311 Å². The van der Waals surface area contributed by atoms with Crippen LogP contribution in [0.4, 0.5) is 51.2 Å². The van der Waals surface area contributed by atoms with Gasteiger partial charge in [0.25, 0.3) is 6.71 Å². The summed E-state index contributed by atoms with van der Waals surface area (Å²) in [5.41, 5.74) is 32.8. The third kappa shape index (κ3) is 8.99. The van der Waals surface area contributed by atoms with Crippen molar-refractivity contribution in [3.05, 3.63) is 201 Å². The Morgan fingerprint density at radius 1 is 0.372 bits per heavy atom. The van der Waals surface area contributed by atoms with Gasteiger partial charge in [-0.05, 0) is 262 Å². The van der Waals surface area contributed by atoms with Crippen LogP contribution >= 0.6 is 11.3 Å². The van der Waals surface area contributed by atoms with E-state index in [1.54, 1.807) is 0 Å². The number of benzene rings is 8. The summed E-state index contributed by atoms with van der Waals surface area (Å²) in [5, 5.41) is 1.39. The van der Waals surface area contributed by atoms with Gasteiger partial charge in [0.1, 0.15) is 0 Å². The van der Waals surface area contributed by atoms with Gasteiger partial charge in [0.05, 0.1) is 11.4 Å². The monoisotopic (exact) mass is 1260 g/mol. The number of hydrogen-bond acceptors (Lipinski definition) is 4. The minimum absolute atomic E-state index is 0.00203. The highest BCUT2D eigenvalue weighted by Crippen LogP contribution is 2.59. The Kier molecular flexibility index (Phi) is 13.0. The number of fused-ring (bicyclic) bond motifs is 13. The summed E-state index contributed by atoms with van der Waals surface area (Å²) in [4.78, 5) is 8.27. The molecule has 7 aliphatic rings. The van der Waals surface area contributed by atoms with E-state index in [4.69, 9.17) is 0 Å². The molecule has 482 valence electrons. The number of anilines is 9. The Morgan fingerprint density at radius 2 is 0.819 bits per heavy atom. The molecule has 1 aromatic heterocycles. The average Bonchev–Trinajstić information content (AvgIpc) is 1.23. The van der Waals surface area contributed by atoms with Crippen LogP contribution in [-0.4, -0.2) is 6.71 Å². The summed E-state index contributed by atoms with van der Waals surface area (Å²) in [7, 11) is 0. The molecule has 5 aliphatic carbocycles. The van der Waals surface area contributed by atoms with Crippen LogP contribution in [0.15, 0.2) is 140 Å². The molecule has 0 spiro atoms. The molecular weight excluding hydrogens is 1150 g/mol. The largest absolute Gasteiger partial charge is 0.311 e. The Morgan fingerprint density at radius 3 is 1.36 bits per heavy atom. The molecule has 0 N–H and O–H groups in total. The fourth-order valence-corrected chi connectivity index (χ4v) is 20.4. The Balaban J connectivity index is 1.08. The van der Waals surface area contributed by atoms with Crippen molar-refractivity contribution in [1.29, 1.82) is 0 Å². The number of rotatable bonds is 5. The molecule has 0 saturated heterocycles. The third-order valence-electron chi connectivity index (χ3n) is 25.9. The maximum Gasteiger partial charge on any atom is 0.264 e. The average molecular weight is 1260 g/mol. The first-order valence-corrected chi connectivity index (χ1v) is 36.8. The van der Waals surface area contributed by atoms with E-state index in [1.807, 2.05) is 0 Å². The number of thiophene rings is 1. The predicted octanol–water partition coefficient (Wildman–Crippen LogP) is 23.5. The molecule has 16 rings (SSSR count). The summed E-state index contributed by atoms with van der Waals surface area (Å²) in [6, 6.07) is 57.9. The zero-order chi connectivity index (χ0) is 66.5. The van der Waals surface area contributed by atoms with Crippen molar-refractivity contribution in [2.45, 2.75) is 251 Å². The summed E-state index contributed by atoms with van der Waals surface area (Å²) in [5.74, 6) is 0. The van der Waals surface area contributed by atoms with Crippen LogP contribution in [0.25, 0.3) is 21.2 Å². The molecule has 3 nitrogen and oxygen atoms in total. The fraction of sp³-hybridized carbons (Fsp3) is 0.438. The lowest BCUT2D eigenvalue weighted by molar-refractivity contribution is 0.332. The highest BCUT2D eigenvalue weighted by Gasteiger charge is 2.51. The van der Waals surface area contributed by atoms with Gasteiger partial charge in [-0.1, -0.05) is 206 Å².